The molecule has 152 valence electrons. The molecule has 0 radical (unpaired) electrons. The third kappa shape index (κ3) is 5.18. The summed E-state index contributed by atoms with van der Waals surface area (Å²) in [6.07, 6.45) is -1.08. The second kappa shape index (κ2) is 7.92. The van der Waals surface area contributed by atoms with Gasteiger partial charge in [-0.15, -0.1) is 0 Å². The van der Waals surface area contributed by atoms with E-state index >= 15 is 0 Å². The molecule has 2 heterocycles. The van der Waals surface area contributed by atoms with Crippen molar-refractivity contribution >= 4 is 33.4 Å². The van der Waals surface area contributed by atoms with Crippen LogP contribution in [0.3, 0.4) is 0 Å². The molecule has 0 aliphatic carbocycles. The number of nitrogens with one attached hydrogen (secondary N) is 1. The third-order valence-corrected chi connectivity index (χ3v) is 5.18. The highest BCUT2D eigenvalue weighted by atomic mass is 35.5. The summed E-state index contributed by atoms with van der Waals surface area (Å²) in [6.45, 7) is 1.88. The van der Waals surface area contributed by atoms with Gasteiger partial charge >= 0.3 is 6.18 Å². The summed E-state index contributed by atoms with van der Waals surface area (Å²) >= 11 is 5.97. The second-order valence-electron chi connectivity index (χ2n) is 6.15. The zero-order chi connectivity index (χ0) is 21.2. The van der Waals surface area contributed by atoms with Crippen LogP contribution in [0.4, 0.5) is 18.9 Å². The van der Waals surface area contributed by atoms with E-state index in [0.29, 0.717) is 17.6 Å². The van der Waals surface area contributed by atoms with E-state index in [1.807, 2.05) is 6.92 Å². The van der Waals surface area contributed by atoms with Crippen LogP contribution in [0, 0.1) is 6.92 Å². The number of benzene rings is 1. The van der Waals surface area contributed by atoms with Crippen molar-refractivity contribution in [2.24, 2.45) is 0 Å². The first-order valence-corrected chi connectivity index (χ1v) is 10.2. The van der Waals surface area contributed by atoms with Crippen molar-refractivity contribution in [3.8, 4) is 5.82 Å². The van der Waals surface area contributed by atoms with Crippen molar-refractivity contribution in [1.29, 1.82) is 0 Å². The fourth-order valence-corrected chi connectivity index (χ4v) is 3.57. The number of aromatic nitrogens is 2. The van der Waals surface area contributed by atoms with Gasteiger partial charge in [0.15, 0.2) is 5.82 Å². The number of sulfonamides is 1. The van der Waals surface area contributed by atoms with E-state index in [-0.39, 0.29) is 10.8 Å². The molecule has 0 saturated heterocycles. The zero-order valence-electron chi connectivity index (χ0n) is 15.0. The van der Waals surface area contributed by atoms with E-state index in [9.17, 15) is 21.6 Å². The lowest BCUT2D eigenvalue weighted by Gasteiger charge is -2.11. The summed E-state index contributed by atoms with van der Waals surface area (Å²) in [5.74, 6) is 0.0493. The molecule has 0 saturated carbocycles. The Morgan fingerprint density at radius 2 is 1.86 bits per heavy atom. The average Bonchev–Trinajstić information content (AvgIpc) is 3.09. The molecule has 3 aromatic rings. The van der Waals surface area contributed by atoms with Crippen LogP contribution in [0.25, 0.3) is 11.9 Å². The molecule has 0 spiro atoms. The topological polar surface area (TPSA) is 64.0 Å². The van der Waals surface area contributed by atoms with Crippen molar-refractivity contribution < 1.29 is 21.6 Å². The van der Waals surface area contributed by atoms with Crippen molar-refractivity contribution in [2.75, 3.05) is 4.72 Å². The van der Waals surface area contributed by atoms with E-state index in [0.717, 1.165) is 17.0 Å². The Morgan fingerprint density at radius 1 is 1.17 bits per heavy atom. The van der Waals surface area contributed by atoms with Crippen LogP contribution >= 0.6 is 11.6 Å². The van der Waals surface area contributed by atoms with Crippen LogP contribution in [0.1, 0.15) is 16.8 Å². The maximum atomic E-state index is 12.8. The fourth-order valence-electron chi connectivity index (χ4n) is 2.46. The lowest BCUT2D eigenvalue weighted by molar-refractivity contribution is -0.137. The highest BCUT2D eigenvalue weighted by Crippen LogP contribution is 2.32. The number of anilines is 1. The molecule has 0 unspecified atom stereocenters. The van der Waals surface area contributed by atoms with E-state index in [1.165, 1.54) is 16.8 Å². The van der Waals surface area contributed by atoms with Gasteiger partial charge in [0.25, 0.3) is 10.0 Å². The van der Waals surface area contributed by atoms with Crippen LogP contribution < -0.4 is 4.72 Å². The lowest BCUT2D eigenvalue weighted by atomic mass is 10.2. The SMILES string of the molecule is Cc1ccc(NS(=O)(=O)C=Cc2cccn2-c2ncc(C(F)(F)F)cc2Cl)cc1. The monoisotopic (exact) mass is 441 g/mol. The van der Waals surface area contributed by atoms with Gasteiger partial charge in [-0.2, -0.15) is 13.2 Å². The first kappa shape index (κ1) is 20.9. The molecule has 0 amide bonds. The van der Waals surface area contributed by atoms with Gasteiger partial charge < -0.3 is 4.57 Å². The van der Waals surface area contributed by atoms with Gasteiger partial charge in [-0.25, -0.2) is 13.4 Å². The number of alkyl halides is 3. The number of hydrogen-bond acceptors (Lipinski definition) is 3. The Labute approximate surface area is 170 Å². The van der Waals surface area contributed by atoms with Crippen LogP contribution in [0.2, 0.25) is 5.02 Å². The molecule has 10 heteroatoms. The molecular weight excluding hydrogens is 427 g/mol. The van der Waals surface area contributed by atoms with Crippen molar-refractivity contribution in [1.82, 2.24) is 9.55 Å². The largest absolute Gasteiger partial charge is 0.417 e. The summed E-state index contributed by atoms with van der Waals surface area (Å²) in [5, 5.41) is 0.739. The average molecular weight is 442 g/mol. The maximum absolute atomic E-state index is 12.8. The molecule has 0 fully saturated rings. The van der Waals surface area contributed by atoms with Gasteiger partial charge in [0.2, 0.25) is 0 Å². The number of nitrogens with zero attached hydrogens (tertiary/aromatic N) is 2. The molecule has 3 rings (SSSR count). The fraction of sp³-hybridized carbons (Fsp3) is 0.105. The van der Waals surface area contributed by atoms with Gasteiger partial charge in [0, 0.05) is 23.8 Å². The smallest absolute Gasteiger partial charge is 0.301 e. The van der Waals surface area contributed by atoms with Gasteiger partial charge in [-0.05, 0) is 43.3 Å². The Morgan fingerprint density at radius 3 is 2.48 bits per heavy atom. The van der Waals surface area contributed by atoms with Crippen molar-refractivity contribution in [3.05, 3.63) is 82.1 Å². The highest BCUT2D eigenvalue weighted by Gasteiger charge is 2.31. The first-order chi connectivity index (χ1) is 13.5. The summed E-state index contributed by atoms with van der Waals surface area (Å²) in [7, 11) is -3.80. The Kier molecular flexibility index (Phi) is 5.72. The molecule has 1 aromatic carbocycles. The Balaban J connectivity index is 1.86. The van der Waals surface area contributed by atoms with Crippen molar-refractivity contribution in [2.45, 2.75) is 13.1 Å². The summed E-state index contributed by atoms with van der Waals surface area (Å²) in [6, 6.07) is 10.7. The van der Waals surface area contributed by atoms with Crippen LogP contribution in [0.15, 0.2) is 60.3 Å². The quantitative estimate of drug-likeness (QED) is 0.587. The summed E-state index contributed by atoms with van der Waals surface area (Å²) in [4.78, 5) is 3.78. The van der Waals surface area contributed by atoms with E-state index in [4.69, 9.17) is 11.6 Å². The highest BCUT2D eigenvalue weighted by molar-refractivity contribution is 7.95. The van der Waals surface area contributed by atoms with Gasteiger partial charge in [-0.1, -0.05) is 29.3 Å². The number of aryl methyl sites for hydroxylation is 1. The van der Waals surface area contributed by atoms with E-state index < -0.39 is 21.8 Å². The van der Waals surface area contributed by atoms with E-state index in [2.05, 4.69) is 9.71 Å². The molecular formula is C19H15ClF3N3O2S. The molecule has 5 nitrogen and oxygen atoms in total. The molecule has 0 aliphatic heterocycles. The minimum Gasteiger partial charge on any atom is -0.301 e. The number of halogens is 4. The molecule has 0 atom stereocenters. The normalized spacial score (nSPS) is 12.4. The Hall–Kier alpha value is -2.78. The predicted octanol–water partition coefficient (Wildman–Crippen LogP) is 5.27. The van der Waals surface area contributed by atoms with Gasteiger partial charge in [0.05, 0.1) is 16.0 Å². The van der Waals surface area contributed by atoms with Crippen LogP contribution in [-0.4, -0.2) is 18.0 Å². The third-order valence-electron chi connectivity index (χ3n) is 3.89. The van der Waals surface area contributed by atoms with Gasteiger partial charge in [-0.3, -0.25) is 4.72 Å². The molecule has 2 aromatic heterocycles. The van der Waals surface area contributed by atoms with Gasteiger partial charge in [0.1, 0.15) is 0 Å². The standard InChI is InChI=1S/C19H15ClF3N3O2S/c1-13-4-6-15(7-5-13)25-29(27,28)10-8-16-3-2-9-26(16)18-17(20)11-14(12-24-18)19(21,22)23/h2-12,25H,1H3. The second-order valence-corrected chi connectivity index (χ2v) is 8.12. The number of rotatable bonds is 5. The minimum atomic E-state index is -4.57. The summed E-state index contributed by atoms with van der Waals surface area (Å²) in [5.41, 5.74) is 0.791. The number of hydrogen-bond donors (Lipinski definition) is 1. The molecule has 0 bridgehead atoms. The summed E-state index contributed by atoms with van der Waals surface area (Å²) < 4.78 is 66.7. The zero-order valence-corrected chi connectivity index (χ0v) is 16.6. The molecule has 1 N–H and O–H groups in total. The van der Waals surface area contributed by atoms with Crippen LogP contribution in [-0.2, 0) is 16.2 Å². The molecule has 29 heavy (non-hydrogen) atoms. The predicted molar refractivity (Wildman–Crippen MR) is 106 cm³/mol. The molecule has 0 aliphatic rings. The van der Waals surface area contributed by atoms with Crippen LogP contribution in [0.5, 0.6) is 0 Å². The lowest BCUT2D eigenvalue weighted by Crippen LogP contribution is -2.09. The Bertz CT molecular complexity index is 1150. The maximum Gasteiger partial charge on any atom is 0.417 e. The first-order valence-electron chi connectivity index (χ1n) is 8.23. The van der Waals surface area contributed by atoms with E-state index in [1.54, 1.807) is 36.4 Å². The van der Waals surface area contributed by atoms with Crippen molar-refractivity contribution in [3.63, 3.8) is 0 Å². The number of pyridine rings is 1. The minimum absolute atomic E-state index is 0.0493.